The fourth-order valence-electron chi connectivity index (χ4n) is 3.15. The predicted molar refractivity (Wildman–Crippen MR) is 99.0 cm³/mol. The number of nitrogens with zero attached hydrogens (tertiary/aromatic N) is 2. The smallest absolute Gasteiger partial charge is 0.481 e. The highest BCUT2D eigenvalue weighted by Crippen LogP contribution is 2.28. The third-order valence-corrected chi connectivity index (χ3v) is 4.69. The molecular weight excluding hydrogens is 431 g/mol. The number of alkyl halides is 4. The fraction of sp³-hybridized carbons (Fsp3) is 0.611. The van der Waals surface area contributed by atoms with E-state index in [4.69, 9.17) is 14.6 Å². The van der Waals surface area contributed by atoms with E-state index in [1.54, 1.807) is 4.90 Å². The van der Waals surface area contributed by atoms with Crippen molar-refractivity contribution in [3.05, 3.63) is 17.4 Å². The van der Waals surface area contributed by atoms with Crippen LogP contribution in [0.15, 0.2) is 6.07 Å². The summed E-state index contributed by atoms with van der Waals surface area (Å²) in [5.74, 6) is -3.06. The van der Waals surface area contributed by atoms with Crippen LogP contribution in [0.5, 0.6) is 5.88 Å². The average Bonchev–Trinajstić information content (AvgIpc) is 3.38. The van der Waals surface area contributed by atoms with Gasteiger partial charge in [0.05, 0.1) is 19.7 Å². The summed E-state index contributed by atoms with van der Waals surface area (Å²) in [6.07, 6.45) is -3.91. The fourth-order valence-corrected chi connectivity index (χ4v) is 3.15. The van der Waals surface area contributed by atoms with Gasteiger partial charge in [0, 0.05) is 18.7 Å². The zero-order valence-corrected chi connectivity index (χ0v) is 16.6. The van der Waals surface area contributed by atoms with Gasteiger partial charge in [-0.05, 0) is 31.9 Å². The molecule has 3 heterocycles. The SMILES string of the molecule is COc1nc(N2CCC(F)C2)c(F)cc1CNC(=O)[C@@H]1CCCN1.O=C(O)C(F)(F)F. The first-order valence-corrected chi connectivity index (χ1v) is 9.46. The molecule has 1 unspecified atom stereocenters. The van der Waals surface area contributed by atoms with Crippen molar-refractivity contribution < 1.29 is 41.4 Å². The van der Waals surface area contributed by atoms with Crippen LogP contribution in [0.1, 0.15) is 24.8 Å². The number of pyridine rings is 1. The Labute approximate surface area is 174 Å². The number of hydrogen-bond donors (Lipinski definition) is 3. The molecule has 2 fully saturated rings. The number of methoxy groups -OCH3 is 1. The summed E-state index contributed by atoms with van der Waals surface area (Å²) >= 11 is 0. The number of anilines is 1. The molecule has 8 nitrogen and oxygen atoms in total. The number of ether oxygens (including phenoxy) is 1. The van der Waals surface area contributed by atoms with E-state index in [0.29, 0.717) is 18.5 Å². The van der Waals surface area contributed by atoms with Crippen LogP contribution in [0.4, 0.5) is 27.8 Å². The summed E-state index contributed by atoms with van der Waals surface area (Å²) in [6.45, 7) is 1.53. The summed E-state index contributed by atoms with van der Waals surface area (Å²) < 4.78 is 64.7. The van der Waals surface area contributed by atoms with E-state index in [0.717, 1.165) is 19.4 Å². The van der Waals surface area contributed by atoms with Gasteiger partial charge in [0.2, 0.25) is 11.8 Å². The molecule has 1 amide bonds. The zero-order chi connectivity index (χ0) is 23.2. The van der Waals surface area contributed by atoms with E-state index in [9.17, 15) is 26.7 Å². The maximum absolute atomic E-state index is 14.4. The molecule has 3 N–H and O–H groups in total. The van der Waals surface area contributed by atoms with Crippen molar-refractivity contribution in [1.82, 2.24) is 15.6 Å². The van der Waals surface area contributed by atoms with Gasteiger partial charge in [0.15, 0.2) is 11.6 Å². The molecule has 3 rings (SSSR count). The monoisotopic (exact) mass is 454 g/mol. The lowest BCUT2D eigenvalue weighted by Crippen LogP contribution is -2.40. The van der Waals surface area contributed by atoms with Gasteiger partial charge in [-0.15, -0.1) is 0 Å². The van der Waals surface area contributed by atoms with Gasteiger partial charge in [-0.3, -0.25) is 4.79 Å². The van der Waals surface area contributed by atoms with Gasteiger partial charge >= 0.3 is 12.1 Å². The summed E-state index contributed by atoms with van der Waals surface area (Å²) in [7, 11) is 1.44. The lowest BCUT2D eigenvalue weighted by Gasteiger charge is -2.19. The Bertz CT molecular complexity index is 787. The van der Waals surface area contributed by atoms with E-state index in [1.165, 1.54) is 13.2 Å². The maximum atomic E-state index is 14.4. The van der Waals surface area contributed by atoms with E-state index in [2.05, 4.69) is 15.6 Å². The zero-order valence-electron chi connectivity index (χ0n) is 16.6. The van der Waals surface area contributed by atoms with Crippen molar-refractivity contribution in [1.29, 1.82) is 0 Å². The van der Waals surface area contributed by atoms with Crippen molar-refractivity contribution in [3.8, 4) is 5.88 Å². The molecule has 2 atom stereocenters. The largest absolute Gasteiger partial charge is 0.490 e. The van der Waals surface area contributed by atoms with Crippen molar-refractivity contribution in [2.75, 3.05) is 31.6 Å². The molecule has 0 spiro atoms. The molecule has 31 heavy (non-hydrogen) atoms. The van der Waals surface area contributed by atoms with Gasteiger partial charge in [0.1, 0.15) is 6.17 Å². The molecule has 0 saturated carbocycles. The van der Waals surface area contributed by atoms with Crippen LogP contribution in [0.25, 0.3) is 0 Å². The van der Waals surface area contributed by atoms with Gasteiger partial charge in [0.25, 0.3) is 0 Å². The molecule has 0 radical (unpaired) electrons. The van der Waals surface area contributed by atoms with Crippen LogP contribution in [-0.2, 0) is 16.1 Å². The summed E-state index contributed by atoms with van der Waals surface area (Å²) in [6, 6.07) is 1.11. The number of aliphatic carboxylic acids is 1. The Kier molecular flexibility index (Phi) is 8.36. The van der Waals surface area contributed by atoms with E-state index >= 15 is 0 Å². The first-order chi connectivity index (χ1) is 14.5. The van der Waals surface area contributed by atoms with Gasteiger partial charge in [-0.1, -0.05) is 0 Å². The highest BCUT2D eigenvalue weighted by atomic mass is 19.4. The van der Waals surface area contributed by atoms with Gasteiger partial charge < -0.3 is 25.4 Å². The molecule has 174 valence electrons. The van der Waals surface area contributed by atoms with Crippen molar-refractivity contribution in [3.63, 3.8) is 0 Å². The summed E-state index contributed by atoms with van der Waals surface area (Å²) in [5.41, 5.74) is 0.459. The van der Waals surface area contributed by atoms with Crippen LogP contribution < -0.4 is 20.3 Å². The molecule has 2 aliphatic rings. The topological polar surface area (TPSA) is 104 Å². The Balaban J connectivity index is 0.000000423. The summed E-state index contributed by atoms with van der Waals surface area (Å²) in [4.78, 5) is 26.7. The number of carbonyl (C=O) groups is 2. The second-order valence-corrected chi connectivity index (χ2v) is 6.96. The number of hydrogen-bond acceptors (Lipinski definition) is 6. The highest BCUT2D eigenvalue weighted by molar-refractivity contribution is 5.82. The van der Waals surface area contributed by atoms with Gasteiger partial charge in [-0.2, -0.15) is 18.2 Å². The molecule has 1 aromatic heterocycles. The number of aromatic nitrogens is 1. The minimum absolute atomic E-state index is 0.0968. The van der Waals surface area contributed by atoms with Crippen molar-refractivity contribution in [2.45, 2.75) is 44.2 Å². The third kappa shape index (κ3) is 6.91. The van der Waals surface area contributed by atoms with Crippen molar-refractivity contribution >= 4 is 17.7 Å². The number of rotatable bonds is 5. The second kappa shape index (κ2) is 10.6. The quantitative estimate of drug-likeness (QED) is 0.583. The molecule has 2 saturated heterocycles. The Hall–Kier alpha value is -2.70. The summed E-state index contributed by atoms with van der Waals surface area (Å²) in [5, 5.41) is 13.0. The highest BCUT2D eigenvalue weighted by Gasteiger charge is 2.38. The van der Waals surface area contributed by atoms with Crippen LogP contribution >= 0.6 is 0 Å². The molecule has 13 heteroatoms. The lowest BCUT2D eigenvalue weighted by atomic mass is 10.2. The molecule has 0 aromatic carbocycles. The van der Waals surface area contributed by atoms with Gasteiger partial charge in [-0.25, -0.2) is 13.6 Å². The second-order valence-electron chi connectivity index (χ2n) is 6.96. The van der Waals surface area contributed by atoms with E-state index in [-0.39, 0.29) is 36.7 Å². The molecule has 1 aromatic rings. The number of carboxylic acids is 1. The first-order valence-electron chi connectivity index (χ1n) is 9.46. The van der Waals surface area contributed by atoms with Crippen LogP contribution in [0, 0.1) is 5.82 Å². The number of halogens is 5. The van der Waals surface area contributed by atoms with E-state index in [1.807, 2.05) is 0 Å². The van der Waals surface area contributed by atoms with Crippen molar-refractivity contribution in [2.24, 2.45) is 0 Å². The number of nitrogens with one attached hydrogen (secondary N) is 2. The Morgan fingerprint density at radius 1 is 1.39 bits per heavy atom. The predicted octanol–water partition coefficient (Wildman–Crippen LogP) is 1.78. The number of carboxylic acid groups (broad SMARTS) is 1. The minimum atomic E-state index is -5.08. The minimum Gasteiger partial charge on any atom is -0.481 e. The average molecular weight is 454 g/mol. The number of amides is 1. The molecular formula is C18H23F5N4O4. The maximum Gasteiger partial charge on any atom is 0.490 e. The first kappa shape index (κ1) is 24.6. The molecule has 2 aliphatic heterocycles. The van der Waals surface area contributed by atoms with E-state index < -0.39 is 24.1 Å². The third-order valence-electron chi connectivity index (χ3n) is 4.69. The van der Waals surface area contributed by atoms with Crippen LogP contribution in [0.2, 0.25) is 0 Å². The Morgan fingerprint density at radius 3 is 2.55 bits per heavy atom. The van der Waals surface area contributed by atoms with Crippen LogP contribution in [-0.4, -0.2) is 67.1 Å². The molecule has 0 aliphatic carbocycles. The lowest BCUT2D eigenvalue weighted by molar-refractivity contribution is -0.192. The standard InChI is InChI=1S/C16H22F2N4O2.C2HF3O2/c1-24-16-10(8-20-15(23)13-3-2-5-19-13)7-12(18)14(21-16)22-6-4-11(17)9-22;3-2(4,5)1(6)7/h7,11,13,19H,2-6,8-9H2,1H3,(H,20,23);(H,6,7)/t11?,13-;/m0./s1. The molecule has 0 bridgehead atoms. The Morgan fingerprint density at radius 2 is 2.06 bits per heavy atom. The normalized spacial score (nSPS) is 20.8. The van der Waals surface area contributed by atoms with Crippen LogP contribution in [0.3, 0.4) is 0 Å². The number of carbonyl (C=O) groups excluding carboxylic acids is 1.